The molecule has 9 heterocycles. The van der Waals surface area contributed by atoms with Gasteiger partial charge < -0.3 is 34.4 Å². The molecular weight excluding hydrogens is 887 g/mol. The topological polar surface area (TPSA) is 182 Å². The summed E-state index contributed by atoms with van der Waals surface area (Å²) in [4.78, 5) is 76.6. The van der Waals surface area contributed by atoms with Gasteiger partial charge >= 0.3 is 0 Å². The number of hydrogen-bond donors (Lipinski definition) is 3. The van der Waals surface area contributed by atoms with E-state index in [1.165, 1.54) is 11.3 Å². The van der Waals surface area contributed by atoms with Crippen molar-refractivity contribution >= 4 is 52.3 Å². The molecule has 5 aromatic rings. The van der Waals surface area contributed by atoms with Crippen molar-refractivity contribution in [2.75, 3.05) is 66.4 Å². The van der Waals surface area contributed by atoms with Crippen LogP contribution in [0.1, 0.15) is 103 Å². The van der Waals surface area contributed by atoms with Crippen LogP contribution in [0.25, 0.3) is 11.1 Å². The summed E-state index contributed by atoms with van der Waals surface area (Å²) in [5.74, 6) is 0.538. The van der Waals surface area contributed by atoms with Crippen molar-refractivity contribution in [3.63, 3.8) is 0 Å². The van der Waals surface area contributed by atoms with Crippen LogP contribution in [0, 0.1) is 5.41 Å². The highest BCUT2D eigenvalue weighted by molar-refractivity contribution is 6.07. The molecule has 1 aliphatic carbocycles. The number of hydrogen-bond acceptors (Lipinski definition) is 13. The van der Waals surface area contributed by atoms with Gasteiger partial charge in [0.2, 0.25) is 17.7 Å². The number of rotatable bonds is 10. The van der Waals surface area contributed by atoms with Crippen LogP contribution in [-0.2, 0) is 35.5 Å². The van der Waals surface area contributed by atoms with Crippen LogP contribution < -0.4 is 30.1 Å². The van der Waals surface area contributed by atoms with E-state index in [0.29, 0.717) is 72.1 Å². The van der Waals surface area contributed by atoms with Crippen LogP contribution in [0.3, 0.4) is 0 Å². The Balaban J connectivity index is 0.720. The third kappa shape index (κ3) is 8.21. The Hall–Kier alpha value is -6.85. The summed E-state index contributed by atoms with van der Waals surface area (Å²) < 4.78 is 7.88. The van der Waals surface area contributed by atoms with E-state index in [9.17, 15) is 24.3 Å². The Morgan fingerprint density at radius 3 is 2.39 bits per heavy atom. The van der Waals surface area contributed by atoms with Crippen molar-refractivity contribution in [3.8, 4) is 17.0 Å². The molecule has 4 aromatic heterocycles. The van der Waals surface area contributed by atoms with E-state index in [0.717, 1.165) is 86.5 Å². The molecule has 70 heavy (non-hydrogen) atoms. The van der Waals surface area contributed by atoms with Crippen molar-refractivity contribution < 1.29 is 29.0 Å². The number of nitrogens with one attached hydrogen (secondary N) is 2. The maximum absolute atomic E-state index is 14.1. The standard InChI is InChI=1S/C53H61N11O6/c1-31-29-60(36-13-16-59(17-14-36)37-6-8-40-35(22-37)30-64(51(40)68)42-9-11-46(66)58-49(42)67)18-19-61(31)38-7-10-45(55-28-38)57-41-23-34(27-56-50(41)70-5)39-12-15-54-48(47(39)32(2)65)63-21-20-62-43(52(63)69)24-33-25-53(3,4)26-44(33)62/h6-8,10,12,15,22-24,27-28,31-32,36,42,65H,9,11,13-14,16-21,25-26,29-30H2,1-5H3,(H,55,57)(H,58,66,67)/t31-,32+,42-/m0/s1. The predicted octanol–water partition coefficient (Wildman–Crippen LogP) is 5.87. The monoisotopic (exact) mass is 947 g/mol. The van der Waals surface area contributed by atoms with Crippen LogP contribution in [-0.4, -0.2) is 123 Å². The summed E-state index contributed by atoms with van der Waals surface area (Å²) in [5, 5.41) is 17.1. The first-order valence-corrected chi connectivity index (χ1v) is 24.7. The second kappa shape index (κ2) is 17.8. The molecular formula is C53H61N11O6. The zero-order chi connectivity index (χ0) is 48.6. The summed E-state index contributed by atoms with van der Waals surface area (Å²) in [7, 11) is 1.58. The van der Waals surface area contributed by atoms with Gasteiger partial charge in [-0.25, -0.2) is 15.0 Å². The minimum Gasteiger partial charge on any atom is -0.480 e. The number of nitrogens with zero attached hydrogens (tertiary/aromatic N) is 9. The van der Waals surface area contributed by atoms with Crippen molar-refractivity contribution in [1.82, 2.24) is 34.6 Å². The number of methoxy groups -OCH3 is 1. The number of anilines is 5. The Morgan fingerprint density at radius 1 is 0.829 bits per heavy atom. The maximum Gasteiger partial charge on any atom is 0.276 e. The van der Waals surface area contributed by atoms with Gasteiger partial charge in [0.25, 0.3) is 11.8 Å². The van der Waals surface area contributed by atoms with Gasteiger partial charge in [-0.3, -0.25) is 34.3 Å². The molecule has 3 saturated heterocycles. The molecule has 5 aliphatic heterocycles. The van der Waals surface area contributed by atoms with Crippen LogP contribution in [0.5, 0.6) is 5.88 Å². The van der Waals surface area contributed by atoms with Gasteiger partial charge in [0.1, 0.15) is 29.1 Å². The van der Waals surface area contributed by atoms with Crippen LogP contribution >= 0.6 is 0 Å². The minimum absolute atomic E-state index is 0.110. The van der Waals surface area contributed by atoms with Gasteiger partial charge in [-0.1, -0.05) is 13.8 Å². The molecule has 0 unspecified atom stereocenters. The van der Waals surface area contributed by atoms with Gasteiger partial charge in [0, 0.05) is 111 Å². The number of aliphatic hydroxyl groups is 1. The van der Waals surface area contributed by atoms with Crippen molar-refractivity contribution in [3.05, 3.63) is 101 Å². The van der Waals surface area contributed by atoms with Gasteiger partial charge in [-0.05, 0) is 117 Å². The summed E-state index contributed by atoms with van der Waals surface area (Å²) in [5.41, 5.74) is 9.71. The number of fused-ring (bicyclic) bond motifs is 4. The quantitative estimate of drug-likeness (QED) is 0.142. The molecule has 0 saturated carbocycles. The fourth-order valence-corrected chi connectivity index (χ4v) is 12.0. The van der Waals surface area contributed by atoms with Crippen LogP contribution in [0.15, 0.2) is 67.1 Å². The molecule has 0 bridgehead atoms. The molecule has 3 atom stereocenters. The fraction of sp³-hybridized carbons (Fsp3) is 0.453. The minimum atomic E-state index is -0.920. The number of pyridine rings is 3. The Morgan fingerprint density at radius 2 is 1.64 bits per heavy atom. The molecule has 11 rings (SSSR count). The summed E-state index contributed by atoms with van der Waals surface area (Å²) >= 11 is 0. The lowest BCUT2D eigenvalue weighted by Crippen LogP contribution is -2.57. The third-order valence-corrected chi connectivity index (χ3v) is 15.5. The first kappa shape index (κ1) is 45.6. The molecule has 3 fully saturated rings. The molecule has 0 radical (unpaired) electrons. The van der Waals surface area contributed by atoms with E-state index in [1.807, 2.05) is 36.5 Å². The highest BCUT2D eigenvalue weighted by atomic mass is 16.5. The number of aromatic nitrogens is 4. The van der Waals surface area contributed by atoms with Crippen LogP contribution in [0.4, 0.5) is 28.7 Å². The molecule has 17 nitrogen and oxygen atoms in total. The van der Waals surface area contributed by atoms with Crippen molar-refractivity contribution in [2.45, 2.75) is 104 Å². The number of aliphatic hydroxyl groups excluding tert-OH is 1. The third-order valence-electron chi connectivity index (χ3n) is 15.5. The Kier molecular flexibility index (Phi) is 11.6. The molecule has 6 aliphatic rings. The number of ether oxygens (including phenoxy) is 1. The normalized spacial score (nSPS) is 22.0. The molecule has 0 spiro atoms. The van der Waals surface area contributed by atoms with Crippen molar-refractivity contribution in [1.29, 1.82) is 0 Å². The summed E-state index contributed by atoms with van der Waals surface area (Å²) in [6, 6.07) is 16.1. The number of piperidine rings is 2. The highest BCUT2D eigenvalue weighted by Gasteiger charge is 2.41. The molecule has 4 amide bonds. The van der Waals surface area contributed by atoms with E-state index in [4.69, 9.17) is 14.7 Å². The molecule has 364 valence electrons. The first-order valence-electron chi connectivity index (χ1n) is 24.7. The Labute approximate surface area is 407 Å². The van der Waals surface area contributed by atoms with E-state index in [2.05, 4.69) is 73.9 Å². The van der Waals surface area contributed by atoms with Gasteiger partial charge in [-0.2, -0.15) is 0 Å². The lowest BCUT2D eigenvalue weighted by atomic mass is 9.90. The number of carbonyl (C=O) groups is 4. The molecule has 3 N–H and O–H groups in total. The van der Waals surface area contributed by atoms with Gasteiger partial charge in [-0.15, -0.1) is 0 Å². The average molecular weight is 948 g/mol. The van der Waals surface area contributed by atoms with Crippen LogP contribution in [0.2, 0.25) is 0 Å². The average Bonchev–Trinajstić information content (AvgIpc) is 3.97. The number of piperazine rings is 1. The molecule has 17 heteroatoms. The number of imide groups is 1. The molecule has 1 aromatic carbocycles. The zero-order valence-electron chi connectivity index (χ0n) is 40.6. The lowest BCUT2D eigenvalue weighted by Gasteiger charge is -2.46. The zero-order valence-corrected chi connectivity index (χ0v) is 40.6. The summed E-state index contributed by atoms with van der Waals surface area (Å²) in [6.45, 7) is 14.6. The second-order valence-electron chi connectivity index (χ2n) is 20.7. The Bertz CT molecular complexity index is 2910. The summed E-state index contributed by atoms with van der Waals surface area (Å²) in [6.07, 6.45) is 8.98. The van der Waals surface area contributed by atoms with Gasteiger partial charge in [0.05, 0.1) is 25.1 Å². The van der Waals surface area contributed by atoms with Gasteiger partial charge in [0.15, 0.2) is 0 Å². The lowest BCUT2D eigenvalue weighted by molar-refractivity contribution is -0.136. The van der Waals surface area contributed by atoms with Crippen molar-refractivity contribution in [2.24, 2.45) is 5.41 Å². The van der Waals surface area contributed by atoms with E-state index in [1.54, 1.807) is 36.2 Å². The highest BCUT2D eigenvalue weighted by Crippen LogP contribution is 2.42. The second-order valence-corrected chi connectivity index (χ2v) is 20.7. The van der Waals surface area contributed by atoms with E-state index in [-0.39, 0.29) is 35.6 Å². The fourth-order valence-electron chi connectivity index (χ4n) is 12.0. The van der Waals surface area contributed by atoms with E-state index >= 15 is 0 Å². The first-order chi connectivity index (χ1) is 33.7. The number of carbonyl (C=O) groups excluding carboxylic acids is 4. The smallest absolute Gasteiger partial charge is 0.276 e. The maximum atomic E-state index is 14.1. The SMILES string of the molecule is COc1ncc(-c2ccnc(N3CCn4c(cc5c4CC(C)(C)C5)C3=O)c2[C@@H](C)O)cc1Nc1ccc(N2CCN(C3CCN(c4ccc5c(c4)CN([C@H]4CCC(=O)NC4=O)C5=O)CC3)C[C@@H]2C)cn1. The largest absolute Gasteiger partial charge is 0.480 e. The number of amides is 4. The predicted molar refractivity (Wildman–Crippen MR) is 266 cm³/mol. The van der Waals surface area contributed by atoms with E-state index < -0.39 is 18.1 Å². The number of benzene rings is 1.